The van der Waals surface area contributed by atoms with Gasteiger partial charge in [0.2, 0.25) is 5.91 Å². The van der Waals surface area contributed by atoms with Crippen LogP contribution in [0.3, 0.4) is 0 Å². The van der Waals surface area contributed by atoms with Crippen LogP contribution in [0.2, 0.25) is 0 Å². The van der Waals surface area contributed by atoms with Crippen LogP contribution < -0.4 is 5.32 Å². The fourth-order valence-corrected chi connectivity index (χ4v) is 3.11. The van der Waals surface area contributed by atoms with Crippen molar-refractivity contribution in [3.05, 3.63) is 23.8 Å². The number of rotatable bonds is 1. The van der Waals surface area contributed by atoms with E-state index in [1.807, 2.05) is 0 Å². The standard InChI is InChI=1S/C11H11NO5S/c1-17-11(14)7-2-3-8-9(6-7)18(15,16)5-4-10(13)12-8/h2-3,6H,4-5H2,1H3,(H,12,13). The van der Waals surface area contributed by atoms with Gasteiger partial charge in [-0.1, -0.05) is 0 Å². The molecule has 1 N–H and O–H groups in total. The molecule has 1 amide bonds. The molecule has 1 aliphatic rings. The number of methoxy groups -OCH3 is 1. The number of esters is 1. The van der Waals surface area contributed by atoms with E-state index in [9.17, 15) is 18.0 Å². The van der Waals surface area contributed by atoms with Crippen molar-refractivity contribution in [2.75, 3.05) is 18.2 Å². The van der Waals surface area contributed by atoms with E-state index >= 15 is 0 Å². The van der Waals surface area contributed by atoms with Crippen LogP contribution in [-0.2, 0) is 19.4 Å². The van der Waals surface area contributed by atoms with Gasteiger partial charge < -0.3 is 10.1 Å². The number of anilines is 1. The second-order valence-electron chi connectivity index (χ2n) is 3.82. The molecule has 0 atom stereocenters. The first-order valence-electron chi connectivity index (χ1n) is 5.19. The van der Waals surface area contributed by atoms with E-state index in [0.717, 1.165) is 0 Å². The van der Waals surface area contributed by atoms with Gasteiger partial charge in [-0.25, -0.2) is 13.2 Å². The maximum absolute atomic E-state index is 12.0. The quantitative estimate of drug-likeness (QED) is 0.754. The summed E-state index contributed by atoms with van der Waals surface area (Å²) in [4.78, 5) is 22.7. The summed E-state index contributed by atoms with van der Waals surface area (Å²) < 4.78 is 28.4. The fraction of sp³-hybridized carbons (Fsp3) is 0.273. The van der Waals surface area contributed by atoms with Gasteiger partial charge in [0.1, 0.15) is 0 Å². The molecule has 0 aliphatic carbocycles. The van der Waals surface area contributed by atoms with Gasteiger partial charge in [0, 0.05) is 6.42 Å². The number of carbonyl (C=O) groups is 2. The average Bonchev–Trinajstić information content (AvgIpc) is 2.46. The maximum Gasteiger partial charge on any atom is 0.337 e. The first-order valence-corrected chi connectivity index (χ1v) is 6.84. The van der Waals surface area contributed by atoms with Crippen LogP contribution >= 0.6 is 0 Å². The summed E-state index contributed by atoms with van der Waals surface area (Å²) in [5.41, 5.74) is 0.334. The molecule has 0 unspecified atom stereocenters. The van der Waals surface area contributed by atoms with Crippen molar-refractivity contribution < 1.29 is 22.7 Å². The highest BCUT2D eigenvalue weighted by molar-refractivity contribution is 7.91. The van der Waals surface area contributed by atoms with Gasteiger partial charge in [-0.2, -0.15) is 0 Å². The van der Waals surface area contributed by atoms with Gasteiger partial charge in [-0.05, 0) is 18.2 Å². The highest BCUT2D eigenvalue weighted by atomic mass is 32.2. The molecule has 1 aromatic carbocycles. The van der Waals surface area contributed by atoms with E-state index in [1.165, 1.54) is 25.3 Å². The molecule has 18 heavy (non-hydrogen) atoms. The Morgan fingerprint density at radius 3 is 2.78 bits per heavy atom. The highest BCUT2D eigenvalue weighted by Crippen LogP contribution is 2.27. The minimum absolute atomic E-state index is 0.0451. The predicted octanol–water partition coefficient (Wildman–Crippen LogP) is 0.589. The van der Waals surface area contributed by atoms with Crippen molar-refractivity contribution in [1.82, 2.24) is 0 Å². The molecule has 1 aromatic rings. The van der Waals surface area contributed by atoms with Gasteiger partial charge in [0.25, 0.3) is 0 Å². The first-order chi connectivity index (χ1) is 8.44. The molecule has 7 heteroatoms. The fourth-order valence-electron chi connectivity index (χ4n) is 1.68. The van der Waals surface area contributed by atoms with Crippen molar-refractivity contribution in [2.24, 2.45) is 0 Å². The molecule has 0 aromatic heterocycles. The van der Waals surface area contributed by atoms with Crippen LogP contribution in [-0.4, -0.2) is 33.2 Å². The highest BCUT2D eigenvalue weighted by Gasteiger charge is 2.26. The zero-order valence-corrected chi connectivity index (χ0v) is 10.4. The maximum atomic E-state index is 12.0. The monoisotopic (exact) mass is 269 g/mol. The number of fused-ring (bicyclic) bond motifs is 1. The third kappa shape index (κ3) is 2.21. The molecule has 0 saturated heterocycles. The molecule has 0 radical (unpaired) electrons. The number of carbonyl (C=O) groups excluding carboxylic acids is 2. The Bertz CT molecular complexity index is 620. The number of amides is 1. The van der Waals surface area contributed by atoms with Crippen LogP contribution in [0.1, 0.15) is 16.8 Å². The lowest BCUT2D eigenvalue weighted by Gasteiger charge is -2.08. The summed E-state index contributed by atoms with van der Waals surface area (Å²) in [7, 11) is -2.35. The van der Waals surface area contributed by atoms with E-state index in [-0.39, 0.29) is 34.2 Å². The SMILES string of the molecule is COC(=O)c1ccc2c(c1)S(=O)(=O)CCC(=O)N2. The molecule has 1 heterocycles. The van der Waals surface area contributed by atoms with Gasteiger partial charge in [0.05, 0.1) is 29.0 Å². The number of sulfone groups is 1. The Kier molecular flexibility index (Phi) is 3.08. The number of ether oxygens (including phenoxy) is 1. The summed E-state index contributed by atoms with van der Waals surface area (Å²) in [5, 5.41) is 2.49. The second-order valence-corrected chi connectivity index (χ2v) is 5.90. The van der Waals surface area contributed by atoms with Crippen LogP contribution in [0, 0.1) is 0 Å². The number of hydrogen-bond acceptors (Lipinski definition) is 5. The molecular weight excluding hydrogens is 258 g/mol. The molecule has 6 nitrogen and oxygen atoms in total. The van der Waals surface area contributed by atoms with Crippen LogP contribution in [0.5, 0.6) is 0 Å². The molecular formula is C11H11NO5S. The summed E-state index contributed by atoms with van der Waals surface area (Å²) in [6.07, 6.45) is -0.0927. The van der Waals surface area contributed by atoms with Crippen LogP contribution in [0.4, 0.5) is 5.69 Å². The lowest BCUT2D eigenvalue weighted by molar-refractivity contribution is -0.115. The molecule has 0 fully saturated rings. The lowest BCUT2D eigenvalue weighted by Crippen LogP contribution is -2.10. The Balaban J connectivity index is 2.59. The predicted molar refractivity (Wildman–Crippen MR) is 63.1 cm³/mol. The third-order valence-corrected chi connectivity index (χ3v) is 4.36. The molecule has 1 aliphatic heterocycles. The van der Waals surface area contributed by atoms with E-state index in [4.69, 9.17) is 0 Å². The molecule has 96 valence electrons. The van der Waals surface area contributed by atoms with Gasteiger partial charge >= 0.3 is 5.97 Å². The van der Waals surface area contributed by atoms with Crippen LogP contribution in [0.25, 0.3) is 0 Å². The van der Waals surface area contributed by atoms with E-state index < -0.39 is 15.8 Å². The number of nitrogens with one attached hydrogen (secondary N) is 1. The van der Waals surface area contributed by atoms with Gasteiger partial charge in [0.15, 0.2) is 9.84 Å². The largest absolute Gasteiger partial charge is 0.465 e. The smallest absolute Gasteiger partial charge is 0.337 e. The van der Waals surface area contributed by atoms with E-state index in [0.29, 0.717) is 0 Å². The Labute approximate surface area is 104 Å². The number of benzene rings is 1. The van der Waals surface area contributed by atoms with Gasteiger partial charge in [-0.3, -0.25) is 4.79 Å². The topological polar surface area (TPSA) is 89.5 Å². The Hall–Kier alpha value is -1.89. The molecule has 0 saturated carbocycles. The Morgan fingerprint density at radius 2 is 2.11 bits per heavy atom. The Morgan fingerprint density at radius 1 is 1.39 bits per heavy atom. The zero-order valence-electron chi connectivity index (χ0n) is 9.60. The van der Waals surface area contributed by atoms with Crippen molar-refractivity contribution in [3.8, 4) is 0 Å². The normalized spacial score (nSPS) is 17.3. The lowest BCUT2D eigenvalue weighted by atomic mass is 10.2. The third-order valence-electron chi connectivity index (χ3n) is 2.61. The van der Waals surface area contributed by atoms with Crippen molar-refractivity contribution in [3.63, 3.8) is 0 Å². The van der Waals surface area contributed by atoms with Crippen molar-refractivity contribution >= 4 is 27.4 Å². The summed E-state index contributed by atoms with van der Waals surface area (Å²) in [5.74, 6) is -1.25. The first kappa shape index (κ1) is 12.6. The van der Waals surface area contributed by atoms with E-state index in [2.05, 4.69) is 10.1 Å². The summed E-state index contributed by atoms with van der Waals surface area (Å²) >= 11 is 0. The second kappa shape index (κ2) is 4.41. The average molecular weight is 269 g/mol. The van der Waals surface area contributed by atoms with Gasteiger partial charge in [-0.15, -0.1) is 0 Å². The summed E-state index contributed by atoms with van der Waals surface area (Å²) in [6, 6.07) is 4.02. The zero-order chi connectivity index (χ0) is 13.3. The number of hydrogen-bond donors (Lipinski definition) is 1. The van der Waals surface area contributed by atoms with Crippen molar-refractivity contribution in [2.45, 2.75) is 11.3 Å². The van der Waals surface area contributed by atoms with Crippen molar-refractivity contribution in [1.29, 1.82) is 0 Å². The minimum atomic E-state index is -3.57. The molecule has 0 bridgehead atoms. The van der Waals surface area contributed by atoms with E-state index in [1.54, 1.807) is 0 Å². The summed E-state index contributed by atoms with van der Waals surface area (Å²) in [6.45, 7) is 0. The molecule has 0 spiro atoms. The minimum Gasteiger partial charge on any atom is -0.465 e. The van der Waals surface area contributed by atoms with Crippen LogP contribution in [0.15, 0.2) is 23.1 Å². The molecule has 2 rings (SSSR count).